The average molecular weight is 560 g/mol. The van der Waals surface area contributed by atoms with E-state index < -0.39 is 11.0 Å². The van der Waals surface area contributed by atoms with Crippen molar-refractivity contribution in [3.8, 4) is 5.69 Å². The Morgan fingerprint density at radius 3 is 2.71 bits per heavy atom. The summed E-state index contributed by atoms with van der Waals surface area (Å²) in [7, 11) is 0. The molecule has 9 heteroatoms. The first kappa shape index (κ1) is 25.1. The van der Waals surface area contributed by atoms with Crippen molar-refractivity contribution in [1.29, 1.82) is 0 Å². The number of benzene rings is 2. The lowest BCUT2D eigenvalue weighted by atomic mass is 9.83. The van der Waals surface area contributed by atoms with Crippen LogP contribution >= 0.6 is 11.3 Å². The van der Waals surface area contributed by atoms with E-state index in [-0.39, 0.29) is 11.2 Å². The third kappa shape index (κ3) is 4.08. The third-order valence-electron chi connectivity index (χ3n) is 7.93. The topological polar surface area (TPSA) is 95.3 Å². The maximum Gasteiger partial charge on any atom is 0.271 e. The van der Waals surface area contributed by atoms with Crippen LogP contribution in [-0.2, 0) is 6.42 Å². The summed E-state index contributed by atoms with van der Waals surface area (Å²) in [5.74, 6) is 0. The van der Waals surface area contributed by atoms with E-state index in [0.717, 1.165) is 52.3 Å². The lowest BCUT2D eigenvalue weighted by Crippen LogP contribution is -2.38. The first-order chi connectivity index (χ1) is 19.9. The van der Waals surface area contributed by atoms with Crippen molar-refractivity contribution in [2.24, 2.45) is 4.99 Å². The van der Waals surface area contributed by atoms with Crippen molar-refractivity contribution < 1.29 is 4.92 Å². The Balaban J connectivity index is 1.46. The third-order valence-corrected chi connectivity index (χ3v) is 8.91. The molecule has 0 radical (unpaired) electrons. The summed E-state index contributed by atoms with van der Waals surface area (Å²) in [6, 6.07) is 20.3. The Labute approximate surface area is 239 Å². The van der Waals surface area contributed by atoms with Crippen molar-refractivity contribution in [3.63, 3.8) is 0 Å². The molecule has 0 bridgehead atoms. The molecule has 8 nitrogen and oxygen atoms in total. The van der Waals surface area contributed by atoms with Crippen LogP contribution in [0.25, 0.3) is 17.5 Å². The predicted octanol–water partition coefficient (Wildman–Crippen LogP) is 5.03. The van der Waals surface area contributed by atoms with Gasteiger partial charge in [0.25, 0.3) is 11.2 Å². The van der Waals surface area contributed by atoms with E-state index in [1.165, 1.54) is 23.0 Å². The van der Waals surface area contributed by atoms with Gasteiger partial charge in [0, 0.05) is 35.3 Å². The number of rotatable bonds is 4. The van der Waals surface area contributed by atoms with E-state index in [2.05, 4.69) is 27.8 Å². The number of nitrogens with zero attached hydrogens (tertiary/aromatic N) is 5. The highest BCUT2D eigenvalue weighted by molar-refractivity contribution is 7.07. The van der Waals surface area contributed by atoms with Gasteiger partial charge in [-0.3, -0.25) is 24.5 Å². The summed E-state index contributed by atoms with van der Waals surface area (Å²) < 4.78 is 4.42. The van der Waals surface area contributed by atoms with Crippen LogP contribution in [-0.4, -0.2) is 19.0 Å². The predicted molar refractivity (Wildman–Crippen MR) is 159 cm³/mol. The molecule has 7 rings (SSSR count). The molecule has 1 aliphatic heterocycles. The van der Waals surface area contributed by atoms with E-state index in [0.29, 0.717) is 14.9 Å². The minimum absolute atomic E-state index is 0.00262. The van der Waals surface area contributed by atoms with Crippen molar-refractivity contribution >= 4 is 28.8 Å². The average Bonchev–Trinajstić information content (AvgIpc) is 3.45. The Morgan fingerprint density at radius 2 is 1.90 bits per heavy atom. The summed E-state index contributed by atoms with van der Waals surface area (Å²) in [5.41, 5.74) is 8.66. The van der Waals surface area contributed by atoms with Crippen LogP contribution in [0.5, 0.6) is 0 Å². The number of hydrogen-bond donors (Lipinski definition) is 0. The Hall–Kier alpha value is -4.89. The zero-order valence-electron chi connectivity index (χ0n) is 22.4. The molecule has 0 amide bonds. The van der Waals surface area contributed by atoms with Gasteiger partial charge in [-0.25, -0.2) is 4.99 Å². The van der Waals surface area contributed by atoms with Crippen LogP contribution in [0.15, 0.2) is 94.5 Å². The van der Waals surface area contributed by atoms with Crippen LogP contribution in [0.4, 0.5) is 5.69 Å². The number of nitro benzene ring substituents is 1. The summed E-state index contributed by atoms with van der Waals surface area (Å²) in [6.45, 7) is 4.07. The van der Waals surface area contributed by atoms with Gasteiger partial charge in [-0.2, -0.15) is 0 Å². The lowest BCUT2D eigenvalue weighted by molar-refractivity contribution is -0.384. The number of nitro groups is 1. The number of hydrogen-bond acceptors (Lipinski definition) is 6. The quantitative estimate of drug-likeness (QED) is 0.228. The molecular weight excluding hydrogens is 534 g/mol. The molecule has 3 aromatic heterocycles. The fraction of sp³-hybridized carbons (Fsp3) is 0.156. The minimum atomic E-state index is -0.473. The number of aromatic nitrogens is 3. The van der Waals surface area contributed by atoms with Gasteiger partial charge in [-0.1, -0.05) is 47.7 Å². The van der Waals surface area contributed by atoms with Gasteiger partial charge < -0.3 is 4.57 Å². The molecule has 0 N–H and O–H groups in total. The summed E-state index contributed by atoms with van der Waals surface area (Å²) in [6.07, 6.45) is 7.04. The van der Waals surface area contributed by atoms with E-state index in [1.807, 2.05) is 56.5 Å². The van der Waals surface area contributed by atoms with Crippen LogP contribution in [0.1, 0.15) is 46.1 Å². The number of thiazole rings is 1. The van der Waals surface area contributed by atoms with Gasteiger partial charge in [0.05, 0.1) is 33.1 Å². The summed E-state index contributed by atoms with van der Waals surface area (Å²) >= 11 is 1.35. The maximum atomic E-state index is 14.1. The molecule has 2 aliphatic rings. The second-order valence-corrected chi connectivity index (χ2v) is 11.3. The molecule has 5 aromatic rings. The Kier molecular flexibility index (Phi) is 5.90. The van der Waals surface area contributed by atoms with Crippen molar-refractivity contribution in [1.82, 2.24) is 14.1 Å². The maximum absolute atomic E-state index is 14.1. The van der Waals surface area contributed by atoms with Gasteiger partial charge in [0.2, 0.25) is 0 Å². The Morgan fingerprint density at radius 1 is 1.05 bits per heavy atom. The molecule has 1 atom stereocenters. The molecular formula is C32H25N5O3S. The standard InChI is InChI=1S/C32H25N5O3S/c1-19-15-23(20(2)35(19)25-10-6-14-33-18-25)17-28-31(38)36-30(22-8-5-9-24(16-22)37(39)40)27-13-12-21-7-3-4-11-26(21)29(27)34-32(36)41-28/h3-11,14-18,30H,12-13H2,1-2H3/b28-17-/t30-/m1/s1. The molecule has 1 aliphatic carbocycles. The molecule has 0 fully saturated rings. The highest BCUT2D eigenvalue weighted by Gasteiger charge is 2.33. The second kappa shape index (κ2) is 9.64. The van der Waals surface area contributed by atoms with Gasteiger partial charge in [0.15, 0.2) is 4.80 Å². The molecule has 0 spiro atoms. The fourth-order valence-corrected chi connectivity index (χ4v) is 7.08. The van der Waals surface area contributed by atoms with Crippen molar-refractivity contribution in [3.05, 3.63) is 148 Å². The number of fused-ring (bicyclic) bond motifs is 3. The molecule has 202 valence electrons. The van der Waals surface area contributed by atoms with E-state index in [9.17, 15) is 14.9 Å². The largest absolute Gasteiger partial charge is 0.316 e. The smallest absolute Gasteiger partial charge is 0.271 e. The minimum Gasteiger partial charge on any atom is -0.316 e. The monoisotopic (exact) mass is 559 g/mol. The van der Waals surface area contributed by atoms with Gasteiger partial charge in [0.1, 0.15) is 0 Å². The Bertz CT molecular complexity index is 2090. The summed E-state index contributed by atoms with van der Waals surface area (Å²) in [5, 5.41) is 11.7. The summed E-state index contributed by atoms with van der Waals surface area (Å²) in [4.78, 5) is 35.3. The van der Waals surface area contributed by atoms with Crippen LogP contribution in [0.3, 0.4) is 0 Å². The zero-order chi connectivity index (χ0) is 28.2. The van der Waals surface area contributed by atoms with E-state index in [1.54, 1.807) is 22.9 Å². The first-order valence-electron chi connectivity index (χ1n) is 13.4. The van der Waals surface area contributed by atoms with Crippen molar-refractivity contribution in [2.75, 3.05) is 0 Å². The molecule has 0 saturated carbocycles. The zero-order valence-corrected chi connectivity index (χ0v) is 23.3. The van der Waals surface area contributed by atoms with Crippen molar-refractivity contribution in [2.45, 2.75) is 32.7 Å². The number of aryl methyl sites for hydroxylation is 2. The van der Waals surface area contributed by atoms with Gasteiger partial charge in [-0.05, 0) is 73.2 Å². The van der Waals surface area contributed by atoms with Gasteiger partial charge >= 0.3 is 0 Å². The highest BCUT2D eigenvalue weighted by atomic mass is 32.1. The molecule has 0 saturated heterocycles. The number of pyridine rings is 1. The lowest BCUT2D eigenvalue weighted by Gasteiger charge is -2.30. The van der Waals surface area contributed by atoms with E-state index >= 15 is 0 Å². The second-order valence-electron chi connectivity index (χ2n) is 10.3. The fourth-order valence-electron chi connectivity index (χ4n) is 6.09. The van der Waals surface area contributed by atoms with E-state index in [4.69, 9.17) is 4.99 Å². The first-order valence-corrected chi connectivity index (χ1v) is 14.2. The van der Waals surface area contributed by atoms with Gasteiger partial charge in [-0.15, -0.1) is 0 Å². The highest BCUT2D eigenvalue weighted by Crippen LogP contribution is 2.41. The molecule has 41 heavy (non-hydrogen) atoms. The van der Waals surface area contributed by atoms with Crippen LogP contribution < -0.4 is 14.9 Å². The molecule has 0 unspecified atom stereocenters. The number of allylic oxidation sites excluding steroid dienone is 1. The normalized spacial score (nSPS) is 16.1. The molecule has 2 aromatic carbocycles. The number of non-ortho nitro benzene ring substituents is 1. The SMILES string of the molecule is Cc1cc(/C=c2\sc3n(c2=O)[C@H](c2cccc([N+](=O)[O-])c2)C2=C(N=3)c3ccccc3CC2)c(C)n1-c1cccnc1. The van der Waals surface area contributed by atoms with Crippen LogP contribution in [0.2, 0.25) is 0 Å². The molecule has 4 heterocycles. The van der Waals surface area contributed by atoms with Crippen LogP contribution in [0, 0.1) is 24.0 Å².